The van der Waals surface area contributed by atoms with Crippen LogP contribution in [0.5, 0.6) is 0 Å². The molecule has 1 fully saturated rings. The molecule has 3 heterocycles. The van der Waals surface area contributed by atoms with E-state index >= 15 is 0 Å². The van der Waals surface area contributed by atoms with Crippen molar-refractivity contribution >= 4 is 5.96 Å². The first-order chi connectivity index (χ1) is 13.8. The van der Waals surface area contributed by atoms with E-state index in [2.05, 4.69) is 30.4 Å². The summed E-state index contributed by atoms with van der Waals surface area (Å²) in [5.41, 5.74) is 0.0792. The Hall–Kier alpha value is -2.56. The molecule has 11 heteroatoms. The zero-order chi connectivity index (χ0) is 21.0. The third kappa shape index (κ3) is 5.49. The molecule has 0 atom stereocenters. The van der Waals surface area contributed by atoms with Crippen molar-refractivity contribution in [2.45, 2.75) is 33.1 Å². The Morgan fingerprint density at radius 2 is 2.00 bits per heavy atom. The smallest absolute Gasteiger partial charge is 0.361 e. The highest BCUT2D eigenvalue weighted by Gasteiger charge is 2.36. The van der Waals surface area contributed by atoms with Gasteiger partial charge in [0.05, 0.1) is 12.2 Å². The van der Waals surface area contributed by atoms with E-state index in [0.29, 0.717) is 19.0 Å². The number of nitrogens with zero attached hydrogens (tertiary/aromatic N) is 6. The summed E-state index contributed by atoms with van der Waals surface area (Å²) in [6, 6.07) is 1.92. The summed E-state index contributed by atoms with van der Waals surface area (Å²) in [6.07, 6.45) is -3.12. The molecule has 1 aliphatic rings. The number of aromatic nitrogens is 3. The summed E-state index contributed by atoms with van der Waals surface area (Å²) in [6.45, 7) is 8.12. The van der Waals surface area contributed by atoms with Crippen LogP contribution >= 0.6 is 0 Å². The number of nitrogens with one attached hydrogen (secondary N) is 1. The van der Waals surface area contributed by atoms with Crippen molar-refractivity contribution < 1.29 is 17.7 Å². The molecule has 2 aromatic heterocycles. The molecule has 3 rings (SSSR count). The first kappa shape index (κ1) is 21.2. The molecule has 0 radical (unpaired) electrons. The number of rotatable bonds is 5. The van der Waals surface area contributed by atoms with Gasteiger partial charge in [-0.15, -0.1) is 0 Å². The highest BCUT2D eigenvalue weighted by molar-refractivity contribution is 5.80. The van der Waals surface area contributed by atoms with Crippen LogP contribution in [0.3, 0.4) is 0 Å². The van der Waals surface area contributed by atoms with E-state index in [1.807, 2.05) is 19.9 Å². The molecule has 1 saturated heterocycles. The van der Waals surface area contributed by atoms with Crippen LogP contribution in [0.25, 0.3) is 0 Å². The Morgan fingerprint density at radius 1 is 1.28 bits per heavy atom. The Balaban J connectivity index is 1.63. The molecule has 1 aliphatic heterocycles. The quantitative estimate of drug-likeness (QED) is 0.597. The van der Waals surface area contributed by atoms with Crippen molar-refractivity contribution in [2.75, 3.05) is 32.7 Å². The van der Waals surface area contributed by atoms with Crippen LogP contribution in [-0.2, 0) is 26.3 Å². The lowest BCUT2D eigenvalue weighted by molar-refractivity contribution is -0.142. The van der Waals surface area contributed by atoms with Gasteiger partial charge in [0.2, 0.25) is 0 Å². The molecule has 0 unspecified atom stereocenters. The van der Waals surface area contributed by atoms with Crippen LogP contribution in [-0.4, -0.2) is 63.4 Å². The monoisotopic (exact) mass is 413 g/mol. The van der Waals surface area contributed by atoms with E-state index in [1.54, 1.807) is 0 Å². The predicted octanol–water partition coefficient (Wildman–Crippen LogP) is 2.02. The molecule has 0 bridgehead atoms. The van der Waals surface area contributed by atoms with Crippen molar-refractivity contribution in [3.63, 3.8) is 0 Å². The summed E-state index contributed by atoms with van der Waals surface area (Å²) in [5.74, 6) is 1.40. The molecule has 8 nitrogen and oxygen atoms in total. The van der Waals surface area contributed by atoms with Gasteiger partial charge in [-0.05, 0) is 13.8 Å². The van der Waals surface area contributed by atoms with Crippen LogP contribution in [0, 0.1) is 6.92 Å². The lowest BCUT2D eigenvalue weighted by atomic mass is 10.2. The van der Waals surface area contributed by atoms with Crippen molar-refractivity contribution in [2.24, 2.45) is 12.0 Å². The van der Waals surface area contributed by atoms with E-state index < -0.39 is 11.9 Å². The first-order valence-corrected chi connectivity index (χ1v) is 9.53. The molecule has 0 spiro atoms. The van der Waals surface area contributed by atoms with Crippen molar-refractivity contribution in [1.29, 1.82) is 0 Å². The van der Waals surface area contributed by atoms with Crippen LogP contribution in [0.4, 0.5) is 13.2 Å². The second-order valence-electron chi connectivity index (χ2n) is 7.04. The zero-order valence-corrected chi connectivity index (χ0v) is 16.8. The predicted molar refractivity (Wildman–Crippen MR) is 101 cm³/mol. The van der Waals surface area contributed by atoms with Crippen LogP contribution in [0.15, 0.2) is 21.8 Å². The summed E-state index contributed by atoms with van der Waals surface area (Å²) in [4.78, 5) is 8.77. The normalized spacial score (nSPS) is 16.5. The topological polar surface area (TPSA) is 74.7 Å². The SMILES string of the molecule is CCNC(=NCc1cn(C)nc1C(F)(F)F)N1CCN(Cc2cc(C)on2)CC1. The van der Waals surface area contributed by atoms with Gasteiger partial charge in [-0.1, -0.05) is 5.16 Å². The Labute approximate surface area is 167 Å². The molecular formula is C18H26F3N7O. The van der Waals surface area contributed by atoms with Crippen molar-refractivity contribution in [3.05, 3.63) is 35.0 Å². The Kier molecular flexibility index (Phi) is 6.46. The fraction of sp³-hybridized carbons (Fsp3) is 0.611. The molecule has 29 heavy (non-hydrogen) atoms. The van der Waals surface area contributed by atoms with Gasteiger partial charge >= 0.3 is 6.18 Å². The first-order valence-electron chi connectivity index (χ1n) is 9.53. The minimum Gasteiger partial charge on any atom is -0.361 e. The number of halogens is 3. The highest BCUT2D eigenvalue weighted by atomic mass is 19.4. The number of alkyl halides is 3. The minimum atomic E-state index is -4.49. The van der Waals surface area contributed by atoms with Gasteiger partial charge in [-0.3, -0.25) is 9.58 Å². The van der Waals surface area contributed by atoms with Gasteiger partial charge in [0, 0.05) is 64.1 Å². The highest BCUT2D eigenvalue weighted by Crippen LogP contribution is 2.30. The molecular weight excluding hydrogens is 387 g/mol. The van der Waals surface area contributed by atoms with Gasteiger partial charge in [-0.2, -0.15) is 18.3 Å². The van der Waals surface area contributed by atoms with E-state index in [-0.39, 0.29) is 12.1 Å². The third-order valence-corrected chi connectivity index (χ3v) is 4.64. The number of piperazine rings is 1. The van der Waals surface area contributed by atoms with E-state index in [1.165, 1.54) is 17.9 Å². The van der Waals surface area contributed by atoms with Crippen LogP contribution < -0.4 is 5.32 Å². The Bertz CT molecular complexity index is 835. The zero-order valence-electron chi connectivity index (χ0n) is 16.8. The van der Waals surface area contributed by atoms with E-state index in [0.717, 1.165) is 37.6 Å². The minimum absolute atomic E-state index is 0.0652. The number of hydrogen-bond donors (Lipinski definition) is 1. The van der Waals surface area contributed by atoms with Crippen molar-refractivity contribution in [3.8, 4) is 0 Å². The molecule has 2 aromatic rings. The van der Waals surface area contributed by atoms with Crippen LogP contribution in [0.2, 0.25) is 0 Å². The molecule has 0 saturated carbocycles. The molecule has 1 N–H and O–H groups in total. The summed E-state index contributed by atoms with van der Waals surface area (Å²) in [5, 5.41) is 10.7. The van der Waals surface area contributed by atoms with Crippen molar-refractivity contribution in [1.82, 2.24) is 30.1 Å². The maximum Gasteiger partial charge on any atom is 0.435 e. The molecule has 0 aromatic carbocycles. The van der Waals surface area contributed by atoms with Gasteiger partial charge in [0.1, 0.15) is 5.76 Å². The van der Waals surface area contributed by atoms with Gasteiger partial charge in [-0.25, -0.2) is 4.99 Å². The maximum absolute atomic E-state index is 13.1. The van der Waals surface area contributed by atoms with Gasteiger partial charge in [0.15, 0.2) is 11.7 Å². The second kappa shape index (κ2) is 8.85. The van der Waals surface area contributed by atoms with E-state index in [9.17, 15) is 13.2 Å². The van der Waals surface area contributed by atoms with Gasteiger partial charge in [0.25, 0.3) is 0 Å². The largest absolute Gasteiger partial charge is 0.435 e. The Morgan fingerprint density at radius 3 is 2.59 bits per heavy atom. The summed E-state index contributed by atoms with van der Waals surface area (Å²) in [7, 11) is 1.48. The average molecular weight is 413 g/mol. The van der Waals surface area contributed by atoms with E-state index in [4.69, 9.17) is 4.52 Å². The fourth-order valence-electron chi connectivity index (χ4n) is 3.32. The summed E-state index contributed by atoms with van der Waals surface area (Å²) >= 11 is 0. The number of aliphatic imine (C=N–C) groups is 1. The maximum atomic E-state index is 13.1. The molecule has 0 aliphatic carbocycles. The molecule has 0 amide bonds. The number of guanidine groups is 1. The lowest BCUT2D eigenvalue weighted by Gasteiger charge is -2.36. The second-order valence-corrected chi connectivity index (χ2v) is 7.04. The standard InChI is InChI=1S/C18H26F3N7O/c1-4-22-17(23-10-14-11-26(3)24-16(14)18(19,20)21)28-7-5-27(6-8-28)12-15-9-13(2)29-25-15/h9,11H,4-8,10,12H2,1-3H3,(H,22,23). The lowest BCUT2D eigenvalue weighted by Crippen LogP contribution is -2.52. The molecule has 160 valence electrons. The number of aryl methyl sites for hydroxylation is 2. The average Bonchev–Trinajstić information content (AvgIpc) is 3.24. The fourth-order valence-corrected chi connectivity index (χ4v) is 3.32. The van der Waals surface area contributed by atoms with Gasteiger partial charge < -0.3 is 14.7 Å². The number of hydrogen-bond acceptors (Lipinski definition) is 5. The van der Waals surface area contributed by atoms with Crippen LogP contribution in [0.1, 0.15) is 29.6 Å². The third-order valence-electron chi connectivity index (χ3n) is 4.64. The summed E-state index contributed by atoms with van der Waals surface area (Å²) < 4.78 is 45.7.